The van der Waals surface area contributed by atoms with Crippen molar-refractivity contribution in [2.75, 3.05) is 13.2 Å². The van der Waals surface area contributed by atoms with Crippen LogP contribution >= 0.6 is 0 Å². The highest BCUT2D eigenvalue weighted by Crippen LogP contribution is 2.41. The van der Waals surface area contributed by atoms with Gasteiger partial charge < -0.3 is 14.6 Å². The van der Waals surface area contributed by atoms with E-state index in [-0.39, 0.29) is 24.4 Å². The number of hydrogen-bond acceptors (Lipinski definition) is 3. The number of rotatable bonds is 8. The van der Waals surface area contributed by atoms with Gasteiger partial charge in [-0.25, -0.2) is 0 Å². The van der Waals surface area contributed by atoms with Crippen molar-refractivity contribution in [2.24, 2.45) is 5.41 Å². The Balaban J connectivity index is 1.95. The molecule has 0 bridgehead atoms. The summed E-state index contributed by atoms with van der Waals surface area (Å²) in [7, 11) is 0. The summed E-state index contributed by atoms with van der Waals surface area (Å²) in [6.07, 6.45) is 14.3. The predicted molar refractivity (Wildman–Crippen MR) is 80.5 cm³/mol. The first kappa shape index (κ1) is 16.0. The van der Waals surface area contributed by atoms with Crippen molar-refractivity contribution in [2.45, 2.75) is 77.1 Å². The lowest BCUT2D eigenvalue weighted by Crippen LogP contribution is -2.42. The Hall–Kier alpha value is -0.380. The zero-order valence-corrected chi connectivity index (χ0v) is 12.9. The first-order valence-corrected chi connectivity index (χ1v) is 8.33. The van der Waals surface area contributed by atoms with E-state index in [9.17, 15) is 5.11 Å². The number of allylic oxidation sites excluding steroid dienone is 2. The van der Waals surface area contributed by atoms with Gasteiger partial charge in [0.05, 0.1) is 12.7 Å². The third-order valence-electron chi connectivity index (χ3n) is 4.74. The van der Waals surface area contributed by atoms with Crippen LogP contribution in [-0.2, 0) is 9.47 Å². The molecule has 3 nitrogen and oxygen atoms in total. The normalized spacial score (nSPS) is 26.8. The predicted octanol–water partition coefficient (Wildman–Crippen LogP) is 3.81. The summed E-state index contributed by atoms with van der Waals surface area (Å²) in [6.45, 7) is 3.25. The fourth-order valence-corrected chi connectivity index (χ4v) is 3.31. The Morgan fingerprint density at radius 3 is 2.70 bits per heavy atom. The maximum Gasteiger partial charge on any atom is 0.157 e. The van der Waals surface area contributed by atoms with Crippen LogP contribution < -0.4 is 0 Å². The zero-order chi connectivity index (χ0) is 14.3. The maximum absolute atomic E-state index is 9.91. The van der Waals surface area contributed by atoms with Gasteiger partial charge in [-0.15, -0.1) is 0 Å². The number of hydrogen-bond donors (Lipinski definition) is 1. The summed E-state index contributed by atoms with van der Waals surface area (Å²) in [5.74, 6) is 0. The lowest BCUT2D eigenvalue weighted by atomic mass is 9.78. The van der Waals surface area contributed by atoms with Crippen molar-refractivity contribution < 1.29 is 14.6 Å². The maximum atomic E-state index is 9.91. The van der Waals surface area contributed by atoms with Gasteiger partial charge in [-0.05, 0) is 38.5 Å². The molecule has 1 heterocycles. The lowest BCUT2D eigenvalue weighted by Gasteiger charge is -2.39. The van der Waals surface area contributed by atoms with E-state index in [2.05, 4.69) is 19.1 Å². The van der Waals surface area contributed by atoms with E-state index >= 15 is 0 Å². The largest absolute Gasteiger partial charge is 0.396 e. The van der Waals surface area contributed by atoms with Crippen LogP contribution in [0.15, 0.2) is 12.2 Å². The van der Waals surface area contributed by atoms with Crippen molar-refractivity contribution in [3.05, 3.63) is 12.2 Å². The second kappa shape index (κ2) is 8.16. The zero-order valence-electron chi connectivity index (χ0n) is 12.9. The number of ether oxygens (including phenoxy) is 2. The van der Waals surface area contributed by atoms with Gasteiger partial charge in [0.1, 0.15) is 0 Å². The third-order valence-corrected chi connectivity index (χ3v) is 4.74. The monoisotopic (exact) mass is 282 g/mol. The molecule has 20 heavy (non-hydrogen) atoms. The van der Waals surface area contributed by atoms with Gasteiger partial charge in [0, 0.05) is 12.0 Å². The van der Waals surface area contributed by atoms with E-state index in [1.165, 1.54) is 25.7 Å². The molecular weight excluding hydrogens is 252 g/mol. The second-order valence-corrected chi connectivity index (χ2v) is 6.32. The molecule has 1 N–H and O–H groups in total. The fraction of sp³-hybridized carbons (Fsp3) is 0.882. The number of aliphatic hydroxyl groups excluding tert-OH is 1. The van der Waals surface area contributed by atoms with Crippen molar-refractivity contribution >= 4 is 0 Å². The summed E-state index contributed by atoms with van der Waals surface area (Å²) in [5, 5.41) is 9.91. The molecule has 0 spiro atoms. The fourth-order valence-electron chi connectivity index (χ4n) is 3.31. The minimum absolute atomic E-state index is 0.0561. The summed E-state index contributed by atoms with van der Waals surface area (Å²) in [6, 6.07) is 0. The summed E-state index contributed by atoms with van der Waals surface area (Å²) in [5.41, 5.74) is -0.103. The first-order chi connectivity index (χ1) is 9.80. The van der Waals surface area contributed by atoms with Crippen molar-refractivity contribution in [3.8, 4) is 0 Å². The van der Waals surface area contributed by atoms with Crippen LogP contribution in [0.4, 0.5) is 0 Å². The summed E-state index contributed by atoms with van der Waals surface area (Å²) < 4.78 is 12.0. The second-order valence-electron chi connectivity index (χ2n) is 6.32. The topological polar surface area (TPSA) is 38.7 Å². The van der Waals surface area contributed by atoms with Gasteiger partial charge in [0.2, 0.25) is 0 Å². The summed E-state index contributed by atoms with van der Waals surface area (Å²) >= 11 is 0. The van der Waals surface area contributed by atoms with Crippen molar-refractivity contribution in [3.63, 3.8) is 0 Å². The molecule has 0 aromatic heterocycles. The van der Waals surface area contributed by atoms with Crippen LogP contribution in [-0.4, -0.2) is 30.7 Å². The highest BCUT2D eigenvalue weighted by Gasteiger charge is 2.40. The van der Waals surface area contributed by atoms with E-state index in [1.807, 2.05) is 0 Å². The lowest BCUT2D eigenvalue weighted by molar-refractivity contribution is -0.217. The molecule has 0 amide bonds. The molecule has 0 aromatic rings. The average molecular weight is 282 g/mol. The minimum Gasteiger partial charge on any atom is -0.396 e. The molecule has 1 saturated heterocycles. The Labute approximate surface area is 123 Å². The summed E-state index contributed by atoms with van der Waals surface area (Å²) in [4.78, 5) is 0. The molecule has 116 valence electrons. The highest BCUT2D eigenvalue weighted by molar-refractivity contribution is 5.06. The van der Waals surface area contributed by atoms with E-state index in [0.717, 1.165) is 38.7 Å². The molecule has 0 saturated carbocycles. The van der Waals surface area contributed by atoms with Gasteiger partial charge in [-0.3, -0.25) is 0 Å². The quantitative estimate of drug-likeness (QED) is 0.543. The highest BCUT2D eigenvalue weighted by atomic mass is 16.7. The molecule has 1 fully saturated rings. The van der Waals surface area contributed by atoms with Crippen molar-refractivity contribution in [1.82, 2.24) is 0 Å². The SMILES string of the molecule is CCCCCC(OC1CCCCO1)C1(CO)CC=CC1. The Morgan fingerprint density at radius 2 is 2.10 bits per heavy atom. The van der Waals surface area contributed by atoms with Crippen LogP contribution in [0.25, 0.3) is 0 Å². The van der Waals surface area contributed by atoms with Crippen LogP contribution in [0.1, 0.15) is 64.7 Å². The molecule has 2 atom stereocenters. The van der Waals surface area contributed by atoms with Gasteiger partial charge in [0.25, 0.3) is 0 Å². The van der Waals surface area contributed by atoms with E-state index in [1.54, 1.807) is 0 Å². The van der Waals surface area contributed by atoms with Gasteiger partial charge in [-0.2, -0.15) is 0 Å². The molecular formula is C17H30O3. The van der Waals surface area contributed by atoms with E-state index < -0.39 is 0 Å². The molecule has 2 aliphatic rings. The average Bonchev–Trinajstić information content (AvgIpc) is 2.97. The van der Waals surface area contributed by atoms with Crippen molar-refractivity contribution in [1.29, 1.82) is 0 Å². The number of unbranched alkanes of at least 4 members (excludes halogenated alkanes) is 2. The third kappa shape index (κ3) is 4.06. The Kier molecular flexibility index (Phi) is 6.53. The standard InChI is InChI=1S/C17H30O3/c1-2-3-4-9-15(17(14-18)11-6-7-12-17)20-16-10-5-8-13-19-16/h6-7,15-16,18H,2-5,8-14H2,1H3. The molecule has 2 unspecified atom stereocenters. The van der Waals surface area contributed by atoms with Crippen LogP contribution in [0.3, 0.4) is 0 Å². The molecule has 0 aromatic carbocycles. The first-order valence-electron chi connectivity index (χ1n) is 8.33. The van der Waals surface area contributed by atoms with E-state index in [4.69, 9.17) is 9.47 Å². The van der Waals surface area contributed by atoms with Crippen LogP contribution in [0.5, 0.6) is 0 Å². The van der Waals surface area contributed by atoms with Gasteiger partial charge in [-0.1, -0.05) is 38.3 Å². The molecule has 1 aliphatic heterocycles. The van der Waals surface area contributed by atoms with Gasteiger partial charge in [0.15, 0.2) is 6.29 Å². The Morgan fingerprint density at radius 1 is 1.30 bits per heavy atom. The molecule has 2 rings (SSSR count). The number of aliphatic hydroxyl groups is 1. The van der Waals surface area contributed by atoms with Gasteiger partial charge >= 0.3 is 0 Å². The molecule has 0 radical (unpaired) electrons. The minimum atomic E-state index is -0.103. The van der Waals surface area contributed by atoms with E-state index in [0.29, 0.717) is 0 Å². The molecule has 1 aliphatic carbocycles. The van der Waals surface area contributed by atoms with Crippen LogP contribution in [0.2, 0.25) is 0 Å². The van der Waals surface area contributed by atoms with Crippen LogP contribution in [0, 0.1) is 5.41 Å². The Bertz CT molecular complexity index is 287. The molecule has 3 heteroatoms. The smallest absolute Gasteiger partial charge is 0.157 e.